The number of hydrogen-bond donors (Lipinski definition) is 2. The fraction of sp³-hybridized carbons (Fsp3) is 0.111. The minimum Gasteiger partial charge on any atom is -0.490 e. The van der Waals surface area contributed by atoms with Gasteiger partial charge in [0.05, 0.1) is 12.8 Å². The lowest BCUT2D eigenvalue weighted by Gasteiger charge is -2.05. The van der Waals surface area contributed by atoms with Crippen LogP contribution in [0.2, 0.25) is 0 Å². The largest absolute Gasteiger partial charge is 0.490 e. The van der Waals surface area contributed by atoms with Gasteiger partial charge >= 0.3 is 0 Å². The van der Waals surface area contributed by atoms with Gasteiger partial charge in [-0.15, -0.1) is 0 Å². The summed E-state index contributed by atoms with van der Waals surface area (Å²) in [6.45, 7) is 4.19. The van der Waals surface area contributed by atoms with Gasteiger partial charge in [0.2, 0.25) is 0 Å². The summed E-state index contributed by atoms with van der Waals surface area (Å²) < 4.78 is 6.43. The fourth-order valence-electron chi connectivity index (χ4n) is 1.81. The number of ether oxygens (including phenoxy) is 1. The Hall–Kier alpha value is -2.60. The highest BCUT2D eigenvalue weighted by Crippen LogP contribution is 2.13. The molecule has 6 heteroatoms. The van der Waals surface area contributed by atoms with Gasteiger partial charge in [0.15, 0.2) is 0 Å². The SMILES string of the molecule is C=CCOc1cccc(/C=N\NC(=O)CNc2ccc(Br)cc2)c1. The Morgan fingerprint density at radius 1 is 1.25 bits per heavy atom. The number of rotatable bonds is 8. The lowest BCUT2D eigenvalue weighted by molar-refractivity contribution is -0.119. The zero-order chi connectivity index (χ0) is 17.2. The number of amides is 1. The van der Waals surface area contributed by atoms with E-state index in [-0.39, 0.29) is 12.5 Å². The van der Waals surface area contributed by atoms with Crippen LogP contribution in [0.5, 0.6) is 5.75 Å². The van der Waals surface area contributed by atoms with Gasteiger partial charge in [-0.25, -0.2) is 5.43 Å². The summed E-state index contributed by atoms with van der Waals surface area (Å²) in [6.07, 6.45) is 3.25. The van der Waals surface area contributed by atoms with E-state index < -0.39 is 0 Å². The second-order valence-corrected chi connectivity index (χ2v) is 5.74. The molecule has 2 aromatic rings. The molecule has 124 valence electrons. The molecular weight excluding hydrogens is 370 g/mol. The van der Waals surface area contributed by atoms with Gasteiger partial charge in [0.25, 0.3) is 5.91 Å². The van der Waals surface area contributed by atoms with E-state index >= 15 is 0 Å². The van der Waals surface area contributed by atoms with Gasteiger partial charge in [-0.2, -0.15) is 5.10 Å². The fourth-order valence-corrected chi connectivity index (χ4v) is 2.07. The quantitative estimate of drug-likeness (QED) is 0.413. The molecule has 0 unspecified atom stereocenters. The summed E-state index contributed by atoms with van der Waals surface area (Å²) >= 11 is 3.36. The van der Waals surface area contributed by atoms with Crippen molar-refractivity contribution in [1.82, 2.24) is 5.43 Å². The Morgan fingerprint density at radius 3 is 2.79 bits per heavy atom. The van der Waals surface area contributed by atoms with Crippen molar-refractivity contribution in [3.8, 4) is 5.75 Å². The summed E-state index contributed by atoms with van der Waals surface area (Å²) in [6, 6.07) is 15.0. The topological polar surface area (TPSA) is 62.7 Å². The maximum Gasteiger partial charge on any atom is 0.259 e. The third-order valence-corrected chi connectivity index (χ3v) is 3.45. The van der Waals surface area contributed by atoms with Crippen molar-refractivity contribution >= 4 is 33.7 Å². The minimum absolute atomic E-state index is 0.140. The van der Waals surface area contributed by atoms with Crippen molar-refractivity contribution in [3.05, 3.63) is 71.2 Å². The van der Waals surface area contributed by atoms with Crippen molar-refractivity contribution in [2.45, 2.75) is 0 Å². The van der Waals surface area contributed by atoms with Crippen molar-refractivity contribution in [2.75, 3.05) is 18.5 Å². The van der Waals surface area contributed by atoms with Crippen LogP contribution in [-0.4, -0.2) is 25.3 Å². The summed E-state index contributed by atoms with van der Waals surface area (Å²) in [7, 11) is 0. The van der Waals surface area contributed by atoms with Gasteiger partial charge in [-0.3, -0.25) is 4.79 Å². The van der Waals surface area contributed by atoms with Crippen molar-refractivity contribution < 1.29 is 9.53 Å². The predicted octanol–water partition coefficient (Wildman–Crippen LogP) is 3.58. The molecule has 0 heterocycles. The highest BCUT2D eigenvalue weighted by molar-refractivity contribution is 9.10. The van der Waals surface area contributed by atoms with Crippen LogP contribution in [0.25, 0.3) is 0 Å². The van der Waals surface area contributed by atoms with E-state index in [1.165, 1.54) is 0 Å². The van der Waals surface area contributed by atoms with Crippen LogP contribution in [0.15, 0.2) is 70.8 Å². The highest BCUT2D eigenvalue weighted by Gasteiger charge is 1.99. The second-order valence-electron chi connectivity index (χ2n) is 4.83. The average molecular weight is 388 g/mol. The maximum atomic E-state index is 11.7. The molecule has 2 aromatic carbocycles. The smallest absolute Gasteiger partial charge is 0.259 e. The molecular formula is C18H18BrN3O2. The number of nitrogens with zero attached hydrogens (tertiary/aromatic N) is 1. The van der Waals surface area contributed by atoms with Crippen molar-refractivity contribution in [3.63, 3.8) is 0 Å². The molecule has 0 atom stereocenters. The Labute approximate surface area is 149 Å². The zero-order valence-electron chi connectivity index (χ0n) is 13.0. The van der Waals surface area contributed by atoms with Gasteiger partial charge in [-0.05, 0) is 42.0 Å². The van der Waals surface area contributed by atoms with E-state index in [1.54, 1.807) is 12.3 Å². The van der Waals surface area contributed by atoms with Crippen molar-refractivity contribution in [2.24, 2.45) is 5.10 Å². The number of halogens is 1. The molecule has 0 aliphatic heterocycles. The van der Waals surface area contributed by atoms with E-state index in [2.05, 4.69) is 38.4 Å². The zero-order valence-corrected chi connectivity index (χ0v) is 14.6. The summed E-state index contributed by atoms with van der Waals surface area (Å²) in [5, 5.41) is 6.96. The third-order valence-electron chi connectivity index (χ3n) is 2.93. The van der Waals surface area contributed by atoms with Crippen LogP contribution in [0.3, 0.4) is 0 Å². The first kappa shape index (κ1) is 17.7. The Bertz CT molecular complexity index is 714. The molecule has 0 spiro atoms. The van der Waals surface area contributed by atoms with Crippen LogP contribution in [-0.2, 0) is 4.79 Å². The Balaban J connectivity index is 1.79. The normalized spacial score (nSPS) is 10.4. The van der Waals surface area contributed by atoms with Gasteiger partial charge < -0.3 is 10.1 Å². The highest BCUT2D eigenvalue weighted by atomic mass is 79.9. The first-order valence-electron chi connectivity index (χ1n) is 7.32. The van der Waals surface area contributed by atoms with Crippen LogP contribution in [0.1, 0.15) is 5.56 Å². The molecule has 0 aromatic heterocycles. The van der Waals surface area contributed by atoms with E-state index in [9.17, 15) is 4.79 Å². The van der Waals surface area contributed by atoms with Gasteiger partial charge in [0.1, 0.15) is 12.4 Å². The molecule has 0 aliphatic carbocycles. The summed E-state index contributed by atoms with van der Waals surface area (Å²) in [5.74, 6) is 0.496. The predicted molar refractivity (Wildman–Crippen MR) is 101 cm³/mol. The van der Waals surface area contributed by atoms with Crippen molar-refractivity contribution in [1.29, 1.82) is 0 Å². The number of anilines is 1. The van der Waals surface area contributed by atoms with Crippen LogP contribution in [0.4, 0.5) is 5.69 Å². The maximum absolute atomic E-state index is 11.7. The molecule has 0 saturated heterocycles. The summed E-state index contributed by atoms with van der Waals surface area (Å²) in [4.78, 5) is 11.7. The first-order valence-corrected chi connectivity index (χ1v) is 8.12. The number of hydrogen-bond acceptors (Lipinski definition) is 4. The number of carbonyl (C=O) groups is 1. The summed E-state index contributed by atoms with van der Waals surface area (Å²) in [5.41, 5.74) is 4.17. The molecule has 0 fully saturated rings. The average Bonchev–Trinajstić information content (AvgIpc) is 2.60. The Morgan fingerprint density at radius 2 is 2.04 bits per heavy atom. The van der Waals surface area contributed by atoms with Gasteiger partial charge in [-0.1, -0.05) is 40.7 Å². The first-order chi connectivity index (χ1) is 11.7. The second kappa shape index (κ2) is 9.52. The third kappa shape index (κ3) is 6.26. The molecule has 5 nitrogen and oxygen atoms in total. The minimum atomic E-state index is -0.228. The molecule has 0 bridgehead atoms. The van der Waals surface area contributed by atoms with E-state index in [0.29, 0.717) is 6.61 Å². The molecule has 2 N–H and O–H groups in total. The van der Waals surface area contributed by atoms with Gasteiger partial charge in [0, 0.05) is 10.2 Å². The lowest BCUT2D eigenvalue weighted by Crippen LogP contribution is -2.25. The molecule has 24 heavy (non-hydrogen) atoms. The van der Waals surface area contributed by atoms with E-state index in [4.69, 9.17) is 4.74 Å². The standard InChI is InChI=1S/C18H18BrN3O2/c1-2-10-24-17-5-3-4-14(11-17)12-21-22-18(23)13-20-16-8-6-15(19)7-9-16/h2-9,11-12,20H,1,10,13H2,(H,22,23)/b21-12-. The van der Waals surface area contributed by atoms with E-state index in [0.717, 1.165) is 21.5 Å². The number of benzene rings is 2. The molecule has 0 aliphatic rings. The number of carbonyl (C=O) groups excluding carboxylic acids is 1. The lowest BCUT2D eigenvalue weighted by atomic mass is 10.2. The molecule has 1 amide bonds. The van der Waals surface area contributed by atoms with E-state index in [1.807, 2.05) is 48.5 Å². The Kier molecular flexibility index (Phi) is 7.04. The van der Waals surface area contributed by atoms with Crippen LogP contribution >= 0.6 is 15.9 Å². The number of nitrogens with one attached hydrogen (secondary N) is 2. The van der Waals surface area contributed by atoms with Crippen LogP contribution < -0.4 is 15.5 Å². The molecule has 0 radical (unpaired) electrons. The van der Waals surface area contributed by atoms with Crippen LogP contribution in [0, 0.1) is 0 Å². The molecule has 2 rings (SSSR count). The number of hydrazone groups is 1. The monoisotopic (exact) mass is 387 g/mol. The molecule has 0 saturated carbocycles.